The van der Waals surface area contributed by atoms with Gasteiger partial charge >= 0.3 is 0 Å². The van der Waals surface area contributed by atoms with Gasteiger partial charge in [-0.05, 0) is 62.8 Å². The first-order chi connectivity index (χ1) is 15.0. The highest BCUT2D eigenvalue weighted by Crippen LogP contribution is 2.38. The molecule has 1 aliphatic heterocycles. The van der Waals surface area contributed by atoms with Gasteiger partial charge in [0.2, 0.25) is 5.76 Å². The molecule has 1 unspecified atom stereocenters. The number of amides is 1. The second-order valence-corrected chi connectivity index (χ2v) is 8.21. The van der Waals surface area contributed by atoms with E-state index in [2.05, 4.69) is 23.7 Å². The SMILES string of the molecule is CCN(CC)CCCN1C(=O)c2oc3cc(C)c(Cl)cc3c(=O)c2C1c1ccccn1. The number of nitrogens with zero attached hydrogens (tertiary/aromatic N) is 3. The van der Waals surface area contributed by atoms with Gasteiger partial charge in [0, 0.05) is 17.8 Å². The van der Waals surface area contributed by atoms with Gasteiger partial charge in [-0.2, -0.15) is 0 Å². The summed E-state index contributed by atoms with van der Waals surface area (Å²) in [5, 5.41) is 0.877. The molecule has 0 saturated heterocycles. The van der Waals surface area contributed by atoms with Gasteiger partial charge in [-0.3, -0.25) is 14.6 Å². The summed E-state index contributed by atoms with van der Waals surface area (Å²) in [6.07, 6.45) is 2.47. The zero-order chi connectivity index (χ0) is 22.1. The summed E-state index contributed by atoms with van der Waals surface area (Å²) < 4.78 is 6.00. The van der Waals surface area contributed by atoms with Crippen LogP contribution in [0.15, 0.2) is 45.7 Å². The van der Waals surface area contributed by atoms with Crippen LogP contribution in [0, 0.1) is 6.92 Å². The Morgan fingerprint density at radius 1 is 1.19 bits per heavy atom. The monoisotopic (exact) mass is 439 g/mol. The molecule has 31 heavy (non-hydrogen) atoms. The van der Waals surface area contributed by atoms with Gasteiger partial charge in [-0.1, -0.05) is 31.5 Å². The van der Waals surface area contributed by atoms with Gasteiger partial charge in [-0.25, -0.2) is 0 Å². The fourth-order valence-electron chi connectivity index (χ4n) is 4.22. The molecule has 0 aliphatic carbocycles. The number of aromatic nitrogens is 1. The summed E-state index contributed by atoms with van der Waals surface area (Å²) in [4.78, 5) is 35.4. The molecule has 0 radical (unpaired) electrons. The Hall–Kier alpha value is -2.70. The predicted molar refractivity (Wildman–Crippen MR) is 122 cm³/mol. The summed E-state index contributed by atoms with van der Waals surface area (Å²) in [6.45, 7) is 9.39. The van der Waals surface area contributed by atoms with Crippen LogP contribution in [0.1, 0.15) is 53.7 Å². The van der Waals surface area contributed by atoms with Crippen molar-refractivity contribution in [3.8, 4) is 0 Å². The van der Waals surface area contributed by atoms with E-state index in [9.17, 15) is 9.59 Å². The van der Waals surface area contributed by atoms with Gasteiger partial charge in [0.25, 0.3) is 5.91 Å². The van der Waals surface area contributed by atoms with Crippen LogP contribution in [0.5, 0.6) is 0 Å². The number of fused-ring (bicyclic) bond motifs is 2. The highest BCUT2D eigenvalue weighted by Gasteiger charge is 2.43. The fourth-order valence-corrected chi connectivity index (χ4v) is 4.38. The Balaban J connectivity index is 1.81. The van der Waals surface area contributed by atoms with E-state index in [-0.39, 0.29) is 17.1 Å². The normalized spacial score (nSPS) is 15.8. The Labute approximate surface area is 186 Å². The Morgan fingerprint density at radius 3 is 2.65 bits per heavy atom. The van der Waals surface area contributed by atoms with Crippen molar-refractivity contribution in [2.75, 3.05) is 26.2 Å². The van der Waals surface area contributed by atoms with Crippen molar-refractivity contribution < 1.29 is 9.21 Å². The summed E-state index contributed by atoms with van der Waals surface area (Å²) in [5.41, 5.74) is 1.94. The molecule has 0 bridgehead atoms. The van der Waals surface area contributed by atoms with Crippen LogP contribution < -0.4 is 5.43 Å². The molecular formula is C24H26ClN3O3. The van der Waals surface area contributed by atoms with Crippen molar-refractivity contribution in [3.05, 3.63) is 74.4 Å². The number of halogens is 1. The number of benzene rings is 1. The van der Waals surface area contributed by atoms with Crippen molar-refractivity contribution >= 4 is 28.5 Å². The maximum atomic E-state index is 13.5. The van der Waals surface area contributed by atoms with Crippen LogP contribution >= 0.6 is 11.6 Å². The van der Waals surface area contributed by atoms with Crippen molar-refractivity contribution in [2.45, 2.75) is 33.2 Å². The number of carbonyl (C=O) groups excluding carboxylic acids is 1. The van der Waals surface area contributed by atoms with E-state index in [4.69, 9.17) is 16.0 Å². The minimum Gasteiger partial charge on any atom is -0.450 e. The lowest BCUT2D eigenvalue weighted by molar-refractivity contribution is 0.0717. The first-order valence-electron chi connectivity index (χ1n) is 10.7. The van der Waals surface area contributed by atoms with Crippen LogP contribution in [-0.4, -0.2) is 46.9 Å². The molecular weight excluding hydrogens is 414 g/mol. The Bertz CT molecular complexity index is 1170. The first-order valence-corrected chi connectivity index (χ1v) is 11.0. The third kappa shape index (κ3) is 3.86. The molecule has 7 heteroatoms. The second kappa shape index (κ2) is 8.81. The third-order valence-corrected chi connectivity index (χ3v) is 6.39. The number of pyridine rings is 1. The van der Waals surface area contributed by atoms with Gasteiger partial charge < -0.3 is 14.2 Å². The highest BCUT2D eigenvalue weighted by atomic mass is 35.5. The summed E-state index contributed by atoms with van der Waals surface area (Å²) in [7, 11) is 0. The quantitative estimate of drug-likeness (QED) is 0.545. The first kappa shape index (κ1) is 21.5. The molecule has 4 rings (SSSR count). The third-order valence-electron chi connectivity index (χ3n) is 5.98. The molecule has 0 spiro atoms. The molecule has 0 fully saturated rings. The molecule has 0 N–H and O–H groups in total. The maximum absolute atomic E-state index is 13.5. The molecule has 3 aromatic rings. The van der Waals surface area contributed by atoms with Crippen LogP contribution in [0.4, 0.5) is 0 Å². The summed E-state index contributed by atoms with van der Waals surface area (Å²) in [5.74, 6) is -0.158. The molecule has 2 aromatic heterocycles. The van der Waals surface area contributed by atoms with E-state index >= 15 is 0 Å². The van der Waals surface area contributed by atoms with E-state index in [1.165, 1.54) is 0 Å². The van der Waals surface area contributed by atoms with Crippen molar-refractivity contribution in [1.82, 2.24) is 14.8 Å². The summed E-state index contributed by atoms with van der Waals surface area (Å²) in [6, 6.07) is 8.29. The standard InChI is InChI=1S/C24H26ClN3O3/c1-4-27(5-2)11-8-12-28-21(18-9-6-7-10-26-18)20-22(29)16-14-17(25)15(3)13-19(16)31-23(20)24(28)30/h6-7,9-10,13-14,21H,4-5,8,11-12H2,1-3H3. The molecule has 1 atom stereocenters. The lowest BCUT2D eigenvalue weighted by Crippen LogP contribution is -2.33. The van der Waals surface area contributed by atoms with Crippen molar-refractivity contribution in [2.24, 2.45) is 0 Å². The largest absolute Gasteiger partial charge is 0.450 e. The Kier molecular flexibility index (Phi) is 6.12. The Morgan fingerprint density at radius 2 is 1.97 bits per heavy atom. The van der Waals surface area contributed by atoms with Crippen molar-refractivity contribution in [1.29, 1.82) is 0 Å². The van der Waals surface area contributed by atoms with Gasteiger partial charge in [0.1, 0.15) is 11.6 Å². The van der Waals surface area contributed by atoms with Crippen LogP contribution in [0.3, 0.4) is 0 Å². The lowest BCUT2D eigenvalue weighted by Gasteiger charge is -2.26. The number of aryl methyl sites for hydroxylation is 1. The van der Waals surface area contributed by atoms with E-state index in [0.717, 1.165) is 31.6 Å². The topological polar surface area (TPSA) is 66.7 Å². The maximum Gasteiger partial charge on any atom is 0.290 e. The molecule has 162 valence electrons. The molecule has 0 saturated carbocycles. The lowest BCUT2D eigenvalue weighted by atomic mass is 10.0. The number of hydrogen-bond donors (Lipinski definition) is 0. The van der Waals surface area contributed by atoms with Crippen molar-refractivity contribution in [3.63, 3.8) is 0 Å². The number of carbonyl (C=O) groups is 1. The molecule has 3 heterocycles. The molecule has 1 aliphatic rings. The van der Waals surface area contributed by atoms with Crippen LogP contribution in [0.25, 0.3) is 11.0 Å². The zero-order valence-corrected chi connectivity index (χ0v) is 18.8. The van der Waals surface area contributed by atoms with E-state index in [1.807, 2.05) is 25.1 Å². The predicted octanol–water partition coefficient (Wildman–Crippen LogP) is 4.43. The highest BCUT2D eigenvalue weighted by molar-refractivity contribution is 6.32. The fraction of sp³-hybridized carbons (Fsp3) is 0.375. The molecule has 6 nitrogen and oxygen atoms in total. The van der Waals surface area contributed by atoms with Crippen LogP contribution in [0.2, 0.25) is 5.02 Å². The van der Waals surface area contributed by atoms with Gasteiger partial charge in [0.05, 0.1) is 16.6 Å². The van der Waals surface area contributed by atoms with E-state index in [1.54, 1.807) is 23.2 Å². The van der Waals surface area contributed by atoms with E-state index in [0.29, 0.717) is 33.8 Å². The average molecular weight is 440 g/mol. The van der Waals surface area contributed by atoms with Gasteiger partial charge in [-0.15, -0.1) is 0 Å². The van der Waals surface area contributed by atoms with Gasteiger partial charge in [0.15, 0.2) is 5.43 Å². The molecule has 1 amide bonds. The molecule has 1 aromatic carbocycles. The minimum absolute atomic E-state index is 0.109. The number of hydrogen-bond acceptors (Lipinski definition) is 5. The summed E-state index contributed by atoms with van der Waals surface area (Å²) >= 11 is 6.27. The van der Waals surface area contributed by atoms with E-state index < -0.39 is 6.04 Å². The smallest absolute Gasteiger partial charge is 0.290 e. The minimum atomic E-state index is -0.568. The zero-order valence-electron chi connectivity index (χ0n) is 18.0. The van der Waals surface area contributed by atoms with Crippen LogP contribution in [-0.2, 0) is 0 Å². The second-order valence-electron chi connectivity index (χ2n) is 7.81. The number of rotatable bonds is 7. The average Bonchev–Trinajstić information content (AvgIpc) is 3.05.